The van der Waals surface area contributed by atoms with Gasteiger partial charge >= 0.3 is 0 Å². The molecule has 2 atom stereocenters. The molecule has 130 valence electrons. The first-order valence-electron chi connectivity index (χ1n) is 7.61. The summed E-state index contributed by atoms with van der Waals surface area (Å²) in [7, 11) is -3.47. The molecule has 2 fully saturated rings. The fourth-order valence-electron chi connectivity index (χ4n) is 2.93. The molecule has 2 heterocycles. The summed E-state index contributed by atoms with van der Waals surface area (Å²) in [5.74, 6) is 0. The van der Waals surface area contributed by atoms with Gasteiger partial charge in [0, 0.05) is 19.6 Å². The lowest BCUT2D eigenvalue weighted by molar-refractivity contribution is -0.0758. The summed E-state index contributed by atoms with van der Waals surface area (Å²) >= 11 is 0. The van der Waals surface area contributed by atoms with Gasteiger partial charge in [-0.1, -0.05) is 18.2 Å². The third-order valence-electron chi connectivity index (χ3n) is 4.13. The fraction of sp³-hybridized carbons (Fsp3) is 0.600. The second-order valence-corrected chi connectivity index (χ2v) is 7.62. The largest absolute Gasteiger partial charge is 0.377 e. The van der Waals surface area contributed by atoms with Crippen LogP contribution in [0.3, 0.4) is 0 Å². The number of benzene rings is 1. The van der Waals surface area contributed by atoms with Crippen LogP contribution >= 0.6 is 12.4 Å². The van der Waals surface area contributed by atoms with Crippen LogP contribution in [-0.2, 0) is 19.5 Å². The van der Waals surface area contributed by atoms with Crippen LogP contribution in [0.1, 0.15) is 12.8 Å². The normalized spacial score (nSPS) is 28.3. The summed E-state index contributed by atoms with van der Waals surface area (Å²) in [6.07, 6.45) is 1.61. The van der Waals surface area contributed by atoms with E-state index in [9.17, 15) is 8.42 Å². The molecule has 0 saturated carbocycles. The first-order valence-corrected chi connectivity index (χ1v) is 9.09. The number of ether oxygens (including phenoxy) is 2. The predicted octanol–water partition coefficient (Wildman–Crippen LogP) is 0.924. The van der Waals surface area contributed by atoms with Crippen LogP contribution in [0.2, 0.25) is 0 Å². The molecule has 1 spiro atoms. The van der Waals surface area contributed by atoms with Crippen LogP contribution in [0.15, 0.2) is 35.2 Å². The smallest absolute Gasteiger partial charge is 0.240 e. The third-order valence-corrected chi connectivity index (χ3v) is 5.57. The monoisotopic (exact) mass is 362 g/mol. The molecule has 6 nitrogen and oxygen atoms in total. The van der Waals surface area contributed by atoms with Crippen molar-refractivity contribution in [3.8, 4) is 0 Å². The van der Waals surface area contributed by atoms with Gasteiger partial charge in [0.1, 0.15) is 5.60 Å². The van der Waals surface area contributed by atoms with Gasteiger partial charge in [-0.05, 0) is 25.0 Å². The van der Waals surface area contributed by atoms with Gasteiger partial charge in [0.2, 0.25) is 10.0 Å². The first kappa shape index (κ1) is 18.6. The zero-order chi connectivity index (χ0) is 15.5. The maximum Gasteiger partial charge on any atom is 0.240 e. The lowest BCUT2D eigenvalue weighted by Gasteiger charge is -2.27. The molecular weight excluding hydrogens is 340 g/mol. The summed E-state index contributed by atoms with van der Waals surface area (Å²) in [4.78, 5) is 0.280. The predicted molar refractivity (Wildman–Crippen MR) is 89.4 cm³/mol. The molecule has 2 aliphatic heterocycles. The van der Waals surface area contributed by atoms with Gasteiger partial charge in [0.05, 0.1) is 24.2 Å². The molecule has 23 heavy (non-hydrogen) atoms. The van der Waals surface area contributed by atoms with Crippen LogP contribution in [0.5, 0.6) is 0 Å². The first-order chi connectivity index (χ1) is 10.6. The molecular formula is C15H23ClN2O4S. The molecule has 0 bridgehead atoms. The Bertz CT molecular complexity index is 589. The standard InChI is InChI=1S/C15H22N2O4S.ClH/c18-22(19,14-4-2-1-3-5-14)17-10-13-6-7-15(21-13)11-16-8-9-20-12-15;/h1-5,13,16-17H,6-12H2;1H. The van der Waals surface area contributed by atoms with Crippen molar-refractivity contribution in [2.45, 2.75) is 29.4 Å². The number of hydrogen-bond donors (Lipinski definition) is 2. The SMILES string of the molecule is Cl.O=S(=O)(NCC1CCC2(CNCCOC2)O1)c1ccccc1. The van der Waals surface area contributed by atoms with Gasteiger partial charge in [-0.25, -0.2) is 13.1 Å². The highest BCUT2D eigenvalue weighted by molar-refractivity contribution is 7.89. The lowest BCUT2D eigenvalue weighted by atomic mass is 10.0. The Morgan fingerprint density at radius 1 is 1.30 bits per heavy atom. The van der Waals surface area contributed by atoms with Crippen LogP contribution in [0.4, 0.5) is 0 Å². The maximum atomic E-state index is 12.2. The van der Waals surface area contributed by atoms with E-state index in [1.807, 2.05) is 0 Å². The second-order valence-electron chi connectivity index (χ2n) is 5.86. The van der Waals surface area contributed by atoms with Crippen molar-refractivity contribution in [3.63, 3.8) is 0 Å². The van der Waals surface area contributed by atoms with Gasteiger partial charge in [0.25, 0.3) is 0 Å². The second kappa shape index (κ2) is 7.92. The number of halogens is 1. The van der Waals surface area contributed by atoms with Gasteiger partial charge in [-0.15, -0.1) is 12.4 Å². The molecule has 3 rings (SSSR count). The van der Waals surface area contributed by atoms with E-state index in [1.54, 1.807) is 30.3 Å². The van der Waals surface area contributed by atoms with Crippen molar-refractivity contribution < 1.29 is 17.9 Å². The Labute approximate surface area is 143 Å². The van der Waals surface area contributed by atoms with Crippen LogP contribution < -0.4 is 10.0 Å². The molecule has 2 N–H and O–H groups in total. The minimum atomic E-state index is -3.47. The van der Waals surface area contributed by atoms with Gasteiger partial charge in [0.15, 0.2) is 0 Å². The third kappa shape index (κ3) is 4.65. The Morgan fingerprint density at radius 2 is 2.09 bits per heavy atom. The molecule has 2 aliphatic rings. The lowest BCUT2D eigenvalue weighted by Crippen LogP contribution is -2.43. The van der Waals surface area contributed by atoms with Crippen LogP contribution in [-0.4, -0.2) is 53.0 Å². The minimum absolute atomic E-state index is 0. The molecule has 1 aromatic carbocycles. The number of rotatable bonds is 4. The van der Waals surface area contributed by atoms with Crippen LogP contribution in [0.25, 0.3) is 0 Å². The van der Waals surface area contributed by atoms with Gasteiger partial charge < -0.3 is 14.8 Å². The van der Waals surface area contributed by atoms with E-state index >= 15 is 0 Å². The van der Waals surface area contributed by atoms with E-state index in [2.05, 4.69) is 10.0 Å². The summed E-state index contributed by atoms with van der Waals surface area (Å²) < 4.78 is 38.7. The van der Waals surface area contributed by atoms with Crippen molar-refractivity contribution in [2.75, 3.05) is 32.8 Å². The highest BCUT2D eigenvalue weighted by Crippen LogP contribution is 2.31. The molecule has 0 aliphatic carbocycles. The topological polar surface area (TPSA) is 76.7 Å². The highest BCUT2D eigenvalue weighted by atomic mass is 35.5. The molecule has 1 aromatic rings. The minimum Gasteiger partial charge on any atom is -0.377 e. The van der Waals surface area contributed by atoms with Crippen molar-refractivity contribution >= 4 is 22.4 Å². The molecule has 0 radical (unpaired) electrons. The molecule has 0 aromatic heterocycles. The van der Waals surface area contributed by atoms with E-state index < -0.39 is 10.0 Å². The number of sulfonamides is 1. The average Bonchev–Trinajstić information content (AvgIpc) is 2.78. The van der Waals surface area contributed by atoms with Crippen molar-refractivity contribution in [2.24, 2.45) is 0 Å². The quantitative estimate of drug-likeness (QED) is 0.833. The molecule has 8 heteroatoms. The Kier molecular flexibility index (Phi) is 6.41. The summed E-state index contributed by atoms with van der Waals surface area (Å²) in [6, 6.07) is 8.39. The van der Waals surface area contributed by atoms with E-state index in [0.717, 1.165) is 25.9 Å². The Balaban J connectivity index is 0.00000192. The molecule has 0 amide bonds. The molecule has 2 unspecified atom stereocenters. The summed E-state index contributed by atoms with van der Waals surface area (Å²) in [5, 5.41) is 3.31. The van der Waals surface area contributed by atoms with E-state index in [0.29, 0.717) is 19.8 Å². The Morgan fingerprint density at radius 3 is 2.87 bits per heavy atom. The van der Waals surface area contributed by atoms with Crippen molar-refractivity contribution in [3.05, 3.63) is 30.3 Å². The van der Waals surface area contributed by atoms with Crippen molar-refractivity contribution in [1.29, 1.82) is 0 Å². The van der Waals surface area contributed by atoms with Gasteiger partial charge in [-0.2, -0.15) is 0 Å². The van der Waals surface area contributed by atoms with Crippen LogP contribution in [0, 0.1) is 0 Å². The maximum absolute atomic E-state index is 12.2. The zero-order valence-corrected chi connectivity index (χ0v) is 14.5. The summed E-state index contributed by atoms with van der Waals surface area (Å²) in [5.41, 5.74) is -0.306. The zero-order valence-electron chi connectivity index (χ0n) is 12.9. The summed E-state index contributed by atoms with van der Waals surface area (Å²) in [6.45, 7) is 3.14. The number of nitrogens with one attached hydrogen (secondary N) is 2. The van der Waals surface area contributed by atoms with Gasteiger partial charge in [-0.3, -0.25) is 0 Å². The van der Waals surface area contributed by atoms with E-state index in [-0.39, 0.29) is 29.0 Å². The van der Waals surface area contributed by atoms with Crippen molar-refractivity contribution in [1.82, 2.24) is 10.0 Å². The fourth-order valence-corrected chi connectivity index (χ4v) is 4.02. The number of hydrogen-bond acceptors (Lipinski definition) is 5. The average molecular weight is 363 g/mol. The molecule has 2 saturated heterocycles. The highest BCUT2D eigenvalue weighted by Gasteiger charge is 2.41. The van der Waals surface area contributed by atoms with E-state index in [4.69, 9.17) is 9.47 Å². The van der Waals surface area contributed by atoms with E-state index in [1.165, 1.54) is 0 Å². The Hall–Kier alpha value is -0.700.